The molecule has 1 heterocycles. The Labute approximate surface area is 161 Å². The first-order valence-electron chi connectivity index (χ1n) is 8.92. The van der Waals surface area contributed by atoms with Crippen molar-refractivity contribution in [2.45, 2.75) is 51.1 Å². The molecule has 0 saturated carbocycles. The molecule has 0 spiro atoms. The number of alkyl halides is 3. The van der Waals surface area contributed by atoms with Crippen LogP contribution in [-0.4, -0.2) is 64.2 Å². The number of aliphatic hydroxyl groups is 1. The number of hydrogen-bond acceptors (Lipinski definition) is 4. The summed E-state index contributed by atoms with van der Waals surface area (Å²) in [5.74, 6) is -1.60. The van der Waals surface area contributed by atoms with Gasteiger partial charge in [0.1, 0.15) is 0 Å². The van der Waals surface area contributed by atoms with Gasteiger partial charge in [-0.15, -0.1) is 0 Å². The zero-order valence-electron chi connectivity index (χ0n) is 15.6. The molecule has 0 unspecified atom stereocenters. The Hall–Kier alpha value is -2.60. The molecule has 1 aliphatic heterocycles. The Morgan fingerprint density at radius 2 is 1.75 bits per heavy atom. The first-order valence-corrected chi connectivity index (χ1v) is 8.92. The number of carbonyl (C=O) groups is 2. The van der Waals surface area contributed by atoms with Crippen LogP contribution >= 0.6 is 0 Å². The van der Waals surface area contributed by atoms with Crippen LogP contribution in [0.2, 0.25) is 0 Å². The molecule has 1 aromatic rings. The van der Waals surface area contributed by atoms with E-state index >= 15 is 0 Å². The van der Waals surface area contributed by atoms with Gasteiger partial charge in [0.05, 0.1) is 11.6 Å². The highest BCUT2D eigenvalue weighted by Crippen LogP contribution is 2.25. The molecule has 152 valence electrons. The van der Waals surface area contributed by atoms with E-state index in [0.29, 0.717) is 24.0 Å². The SMILES string of the molecule is CC(C)N(C(=O)c1ccc(C#N)cc1)C1CCN(C(=O)[C@@H](O)C(F)(F)F)CC1. The predicted octanol–water partition coefficient (Wildman–Crippen LogP) is 2.32. The average molecular weight is 397 g/mol. The van der Waals surface area contributed by atoms with Crippen molar-refractivity contribution < 1.29 is 27.9 Å². The fourth-order valence-electron chi connectivity index (χ4n) is 3.34. The van der Waals surface area contributed by atoms with Crippen LogP contribution < -0.4 is 0 Å². The molecule has 0 bridgehead atoms. The Bertz CT molecular complexity index is 748. The summed E-state index contributed by atoms with van der Waals surface area (Å²) in [7, 11) is 0. The van der Waals surface area contributed by atoms with E-state index in [1.54, 1.807) is 29.2 Å². The predicted molar refractivity (Wildman–Crippen MR) is 94.1 cm³/mol. The summed E-state index contributed by atoms with van der Waals surface area (Å²) in [6.07, 6.45) is -7.39. The summed E-state index contributed by atoms with van der Waals surface area (Å²) in [6.45, 7) is 3.74. The van der Waals surface area contributed by atoms with Crippen LogP contribution in [0.1, 0.15) is 42.6 Å². The number of amides is 2. The number of rotatable bonds is 4. The monoisotopic (exact) mass is 397 g/mol. The minimum Gasteiger partial charge on any atom is -0.376 e. The Balaban J connectivity index is 2.07. The molecule has 0 radical (unpaired) electrons. The van der Waals surface area contributed by atoms with Crippen LogP contribution in [0, 0.1) is 11.3 Å². The summed E-state index contributed by atoms with van der Waals surface area (Å²) in [5.41, 5.74) is 0.849. The summed E-state index contributed by atoms with van der Waals surface area (Å²) in [6, 6.07) is 7.81. The highest BCUT2D eigenvalue weighted by molar-refractivity contribution is 5.94. The van der Waals surface area contributed by atoms with Gasteiger partial charge in [-0.3, -0.25) is 9.59 Å². The molecule has 1 aromatic carbocycles. The highest BCUT2D eigenvalue weighted by atomic mass is 19.4. The first-order chi connectivity index (χ1) is 13.1. The second-order valence-electron chi connectivity index (χ2n) is 7.00. The lowest BCUT2D eigenvalue weighted by atomic mass is 9.99. The quantitative estimate of drug-likeness (QED) is 0.845. The van der Waals surface area contributed by atoms with Gasteiger partial charge in [-0.25, -0.2) is 0 Å². The third-order valence-electron chi connectivity index (χ3n) is 4.77. The molecule has 1 atom stereocenters. The summed E-state index contributed by atoms with van der Waals surface area (Å²) < 4.78 is 37.6. The average Bonchev–Trinajstić information content (AvgIpc) is 2.66. The van der Waals surface area contributed by atoms with Crippen molar-refractivity contribution in [3.63, 3.8) is 0 Å². The lowest BCUT2D eigenvalue weighted by molar-refractivity contribution is -0.211. The van der Waals surface area contributed by atoms with E-state index in [1.165, 1.54) is 0 Å². The van der Waals surface area contributed by atoms with Crippen LogP contribution in [0.3, 0.4) is 0 Å². The number of hydrogen-bond donors (Lipinski definition) is 1. The van der Waals surface area contributed by atoms with Gasteiger partial charge in [-0.2, -0.15) is 18.4 Å². The smallest absolute Gasteiger partial charge is 0.376 e. The van der Waals surface area contributed by atoms with E-state index < -0.39 is 18.2 Å². The third-order valence-corrected chi connectivity index (χ3v) is 4.77. The Kier molecular flexibility index (Phi) is 6.67. The highest BCUT2D eigenvalue weighted by Gasteiger charge is 2.46. The van der Waals surface area contributed by atoms with E-state index in [-0.39, 0.29) is 31.1 Å². The lowest BCUT2D eigenvalue weighted by Gasteiger charge is -2.41. The third kappa shape index (κ3) is 4.81. The molecule has 1 fully saturated rings. The molecule has 2 rings (SSSR count). The maximum absolute atomic E-state index is 12.9. The number of benzene rings is 1. The number of piperidine rings is 1. The van der Waals surface area contributed by atoms with Gasteiger partial charge < -0.3 is 14.9 Å². The van der Waals surface area contributed by atoms with Crippen molar-refractivity contribution in [1.82, 2.24) is 9.80 Å². The van der Waals surface area contributed by atoms with Gasteiger partial charge in [0.25, 0.3) is 11.8 Å². The summed E-state index contributed by atoms with van der Waals surface area (Å²) >= 11 is 0. The molecule has 6 nitrogen and oxygen atoms in total. The maximum atomic E-state index is 12.9. The molecule has 9 heteroatoms. The van der Waals surface area contributed by atoms with Crippen LogP contribution in [0.5, 0.6) is 0 Å². The van der Waals surface area contributed by atoms with Gasteiger partial charge >= 0.3 is 6.18 Å². The topological polar surface area (TPSA) is 84.6 Å². The van der Waals surface area contributed by atoms with Crippen LogP contribution in [0.15, 0.2) is 24.3 Å². The summed E-state index contributed by atoms with van der Waals surface area (Å²) in [5, 5.41) is 18.0. The molecule has 2 amide bonds. The lowest BCUT2D eigenvalue weighted by Crippen LogP contribution is -2.54. The van der Waals surface area contributed by atoms with E-state index in [0.717, 1.165) is 4.90 Å². The van der Waals surface area contributed by atoms with E-state index in [1.807, 2.05) is 19.9 Å². The van der Waals surface area contributed by atoms with Crippen molar-refractivity contribution in [2.75, 3.05) is 13.1 Å². The number of carbonyl (C=O) groups excluding carboxylic acids is 2. The van der Waals surface area contributed by atoms with Crippen molar-refractivity contribution in [3.8, 4) is 6.07 Å². The van der Waals surface area contributed by atoms with E-state index in [2.05, 4.69) is 0 Å². The fourth-order valence-corrected chi connectivity index (χ4v) is 3.34. The van der Waals surface area contributed by atoms with E-state index in [9.17, 15) is 22.8 Å². The molecule has 28 heavy (non-hydrogen) atoms. The molecular weight excluding hydrogens is 375 g/mol. The Morgan fingerprint density at radius 3 is 2.18 bits per heavy atom. The summed E-state index contributed by atoms with van der Waals surface area (Å²) in [4.78, 5) is 27.4. The number of aliphatic hydroxyl groups excluding tert-OH is 1. The molecule has 1 saturated heterocycles. The minimum atomic E-state index is -5.00. The van der Waals surface area contributed by atoms with E-state index in [4.69, 9.17) is 10.4 Å². The maximum Gasteiger partial charge on any atom is 0.423 e. The first kappa shape index (κ1) is 21.7. The fraction of sp³-hybridized carbons (Fsp3) is 0.526. The van der Waals surface area contributed by atoms with Gasteiger partial charge in [0.2, 0.25) is 6.10 Å². The normalized spacial score (nSPS) is 16.6. The molecule has 0 aromatic heterocycles. The van der Waals surface area contributed by atoms with Gasteiger partial charge in [0, 0.05) is 30.7 Å². The number of nitrogens with zero attached hydrogens (tertiary/aromatic N) is 3. The van der Waals surface area contributed by atoms with Crippen LogP contribution in [-0.2, 0) is 4.79 Å². The van der Waals surface area contributed by atoms with Crippen molar-refractivity contribution >= 4 is 11.8 Å². The second-order valence-corrected chi connectivity index (χ2v) is 7.00. The molecule has 1 aliphatic rings. The number of likely N-dealkylation sites (tertiary alicyclic amines) is 1. The number of halogens is 3. The van der Waals surface area contributed by atoms with Gasteiger partial charge in [0.15, 0.2) is 0 Å². The largest absolute Gasteiger partial charge is 0.423 e. The molecule has 1 N–H and O–H groups in total. The zero-order valence-corrected chi connectivity index (χ0v) is 15.6. The van der Waals surface area contributed by atoms with Gasteiger partial charge in [-0.1, -0.05) is 0 Å². The zero-order chi connectivity index (χ0) is 21.1. The van der Waals surface area contributed by atoms with Gasteiger partial charge in [-0.05, 0) is 51.0 Å². The molecular formula is C19H22F3N3O3. The Morgan fingerprint density at radius 1 is 1.21 bits per heavy atom. The van der Waals surface area contributed by atoms with Crippen LogP contribution in [0.4, 0.5) is 13.2 Å². The number of nitriles is 1. The van der Waals surface area contributed by atoms with Crippen molar-refractivity contribution in [1.29, 1.82) is 5.26 Å². The van der Waals surface area contributed by atoms with Crippen molar-refractivity contribution in [3.05, 3.63) is 35.4 Å². The molecule has 0 aliphatic carbocycles. The van der Waals surface area contributed by atoms with Crippen LogP contribution in [0.25, 0.3) is 0 Å². The standard InChI is InChI=1S/C19H22F3N3O3/c1-12(2)25(17(27)14-5-3-13(11-23)4-6-14)15-7-9-24(10-8-15)18(28)16(26)19(20,21)22/h3-6,12,15-16,26H,7-10H2,1-2H3/t16-/m1/s1. The van der Waals surface area contributed by atoms with Crippen molar-refractivity contribution in [2.24, 2.45) is 0 Å². The second kappa shape index (κ2) is 8.61. The minimum absolute atomic E-state index is 0.0283.